The molecular formula is C11H7BrCl2S. The molecule has 0 unspecified atom stereocenters. The lowest BCUT2D eigenvalue weighted by atomic mass is 10.1. The lowest BCUT2D eigenvalue weighted by molar-refractivity contribution is 1.24. The molecule has 0 spiro atoms. The Morgan fingerprint density at radius 2 is 1.93 bits per heavy atom. The minimum Gasteiger partial charge on any atom is -0.128 e. The molecule has 0 amide bonds. The van der Waals surface area contributed by atoms with Gasteiger partial charge in [0.25, 0.3) is 0 Å². The quantitative estimate of drug-likeness (QED) is 0.694. The van der Waals surface area contributed by atoms with Crippen LogP contribution in [0.3, 0.4) is 0 Å². The molecule has 0 aliphatic heterocycles. The first-order chi connectivity index (χ1) is 7.15. The molecule has 1 aromatic carbocycles. The smallest absolute Gasteiger partial charge is 0.0931 e. The van der Waals surface area contributed by atoms with Gasteiger partial charge in [-0.3, -0.25) is 0 Å². The predicted molar refractivity (Wildman–Crippen MR) is 71.3 cm³/mol. The van der Waals surface area contributed by atoms with Crippen LogP contribution in [0, 0.1) is 0 Å². The number of rotatable bonds is 2. The first kappa shape index (κ1) is 11.5. The number of halogens is 3. The summed E-state index contributed by atoms with van der Waals surface area (Å²) in [6.45, 7) is 0. The lowest BCUT2D eigenvalue weighted by Gasteiger charge is -2.02. The molecule has 0 fully saturated rings. The molecule has 0 radical (unpaired) electrons. The summed E-state index contributed by atoms with van der Waals surface area (Å²) in [6.07, 6.45) is 0.829. The highest BCUT2D eigenvalue weighted by Crippen LogP contribution is 2.28. The van der Waals surface area contributed by atoms with Crippen LogP contribution in [0.15, 0.2) is 34.8 Å². The SMILES string of the molecule is Clc1ccc(Cc2cc(Br)ccc2Cl)s1. The fraction of sp³-hybridized carbons (Fsp3) is 0.0909. The van der Waals surface area contributed by atoms with Gasteiger partial charge in [0.05, 0.1) is 4.34 Å². The molecule has 0 saturated heterocycles. The summed E-state index contributed by atoms with van der Waals surface area (Å²) in [5.74, 6) is 0. The molecule has 0 N–H and O–H groups in total. The summed E-state index contributed by atoms with van der Waals surface area (Å²) < 4.78 is 1.86. The molecule has 15 heavy (non-hydrogen) atoms. The highest BCUT2D eigenvalue weighted by Gasteiger charge is 2.04. The van der Waals surface area contributed by atoms with E-state index >= 15 is 0 Å². The van der Waals surface area contributed by atoms with Crippen LogP contribution in [0.4, 0.5) is 0 Å². The van der Waals surface area contributed by atoms with Crippen molar-refractivity contribution in [2.75, 3.05) is 0 Å². The van der Waals surface area contributed by atoms with Gasteiger partial charge in [-0.15, -0.1) is 11.3 Å². The van der Waals surface area contributed by atoms with Crippen molar-refractivity contribution >= 4 is 50.5 Å². The van der Waals surface area contributed by atoms with Gasteiger partial charge in [0.1, 0.15) is 0 Å². The third kappa shape index (κ3) is 2.97. The lowest BCUT2D eigenvalue weighted by Crippen LogP contribution is -1.86. The number of hydrogen-bond donors (Lipinski definition) is 0. The molecule has 0 bridgehead atoms. The van der Waals surface area contributed by atoms with E-state index in [2.05, 4.69) is 15.9 Å². The average molecular weight is 322 g/mol. The summed E-state index contributed by atoms with van der Waals surface area (Å²) in [4.78, 5) is 1.22. The Balaban J connectivity index is 2.27. The fourth-order valence-corrected chi connectivity index (χ4v) is 3.02. The Hall–Kier alpha value is -0.0200. The van der Waals surface area contributed by atoms with Crippen LogP contribution in [0.5, 0.6) is 0 Å². The van der Waals surface area contributed by atoms with Crippen LogP contribution in [0.1, 0.15) is 10.4 Å². The van der Waals surface area contributed by atoms with Crippen LogP contribution in [0.25, 0.3) is 0 Å². The third-order valence-electron chi connectivity index (χ3n) is 2.00. The van der Waals surface area contributed by atoms with E-state index in [1.165, 1.54) is 4.88 Å². The van der Waals surface area contributed by atoms with Crippen molar-refractivity contribution in [3.63, 3.8) is 0 Å². The summed E-state index contributed by atoms with van der Waals surface area (Å²) in [5, 5.41) is 0.794. The van der Waals surface area contributed by atoms with E-state index in [-0.39, 0.29) is 0 Å². The third-order valence-corrected chi connectivity index (χ3v) is 4.09. The van der Waals surface area contributed by atoms with Crippen molar-refractivity contribution in [3.8, 4) is 0 Å². The Morgan fingerprint density at radius 3 is 2.60 bits per heavy atom. The second-order valence-corrected chi connectivity index (χ2v) is 6.24. The summed E-state index contributed by atoms with van der Waals surface area (Å²) in [6, 6.07) is 9.82. The minimum absolute atomic E-state index is 0.794. The molecule has 78 valence electrons. The standard InChI is InChI=1S/C11H7BrCl2S/c12-8-1-3-10(13)7(5-8)6-9-2-4-11(14)15-9/h1-5H,6H2. The van der Waals surface area contributed by atoms with E-state index in [0.717, 1.165) is 25.8 Å². The number of hydrogen-bond acceptors (Lipinski definition) is 1. The van der Waals surface area contributed by atoms with Gasteiger partial charge < -0.3 is 0 Å². The number of thiophene rings is 1. The maximum Gasteiger partial charge on any atom is 0.0931 e. The van der Waals surface area contributed by atoms with Crippen molar-refractivity contribution in [1.29, 1.82) is 0 Å². The van der Waals surface area contributed by atoms with Crippen molar-refractivity contribution < 1.29 is 0 Å². The van der Waals surface area contributed by atoms with Gasteiger partial charge in [0, 0.05) is 20.8 Å². The van der Waals surface area contributed by atoms with Gasteiger partial charge in [-0.05, 0) is 35.9 Å². The highest BCUT2D eigenvalue weighted by molar-refractivity contribution is 9.10. The van der Waals surface area contributed by atoms with E-state index in [4.69, 9.17) is 23.2 Å². The monoisotopic (exact) mass is 320 g/mol. The zero-order chi connectivity index (χ0) is 10.8. The summed E-state index contributed by atoms with van der Waals surface area (Å²) in [5.41, 5.74) is 1.12. The Kier molecular flexibility index (Phi) is 3.73. The first-order valence-electron chi connectivity index (χ1n) is 4.33. The highest BCUT2D eigenvalue weighted by atomic mass is 79.9. The fourth-order valence-electron chi connectivity index (χ4n) is 1.31. The second-order valence-electron chi connectivity index (χ2n) is 3.12. The molecule has 0 aliphatic carbocycles. The van der Waals surface area contributed by atoms with Crippen LogP contribution in [-0.2, 0) is 6.42 Å². The maximum absolute atomic E-state index is 6.10. The van der Waals surface area contributed by atoms with Crippen molar-refractivity contribution in [2.24, 2.45) is 0 Å². The van der Waals surface area contributed by atoms with E-state index in [1.54, 1.807) is 11.3 Å². The van der Waals surface area contributed by atoms with Gasteiger partial charge in [0.15, 0.2) is 0 Å². The maximum atomic E-state index is 6.10. The molecule has 0 nitrogen and oxygen atoms in total. The summed E-state index contributed by atoms with van der Waals surface area (Å²) >= 11 is 17.0. The zero-order valence-electron chi connectivity index (χ0n) is 7.64. The van der Waals surface area contributed by atoms with Crippen molar-refractivity contribution in [2.45, 2.75) is 6.42 Å². The van der Waals surface area contributed by atoms with E-state index < -0.39 is 0 Å². The van der Waals surface area contributed by atoms with Gasteiger partial charge in [0.2, 0.25) is 0 Å². The van der Waals surface area contributed by atoms with Gasteiger partial charge in [-0.25, -0.2) is 0 Å². The van der Waals surface area contributed by atoms with Crippen LogP contribution in [0.2, 0.25) is 9.36 Å². The van der Waals surface area contributed by atoms with E-state index in [0.29, 0.717) is 0 Å². The van der Waals surface area contributed by atoms with Crippen LogP contribution in [-0.4, -0.2) is 0 Å². The molecule has 0 atom stereocenters. The van der Waals surface area contributed by atoms with Gasteiger partial charge in [-0.1, -0.05) is 39.1 Å². The van der Waals surface area contributed by atoms with Gasteiger partial charge >= 0.3 is 0 Å². The van der Waals surface area contributed by atoms with Crippen molar-refractivity contribution in [1.82, 2.24) is 0 Å². The number of benzene rings is 1. The molecule has 0 aliphatic rings. The average Bonchev–Trinajstić information content (AvgIpc) is 2.58. The molecule has 4 heteroatoms. The molecule has 0 saturated carbocycles. The minimum atomic E-state index is 0.794. The molecule has 2 rings (SSSR count). The Bertz CT molecular complexity index is 479. The predicted octanol–water partition coefficient (Wildman–Crippen LogP) is 5.41. The van der Waals surface area contributed by atoms with Crippen molar-refractivity contribution in [3.05, 3.63) is 54.6 Å². The second kappa shape index (κ2) is 4.88. The Morgan fingerprint density at radius 1 is 1.13 bits per heavy atom. The molecule has 2 aromatic rings. The zero-order valence-corrected chi connectivity index (χ0v) is 11.6. The Labute approximate surface area is 111 Å². The van der Waals surface area contributed by atoms with Crippen LogP contribution >= 0.6 is 50.5 Å². The van der Waals surface area contributed by atoms with Crippen LogP contribution < -0.4 is 0 Å². The molecule has 1 heterocycles. The van der Waals surface area contributed by atoms with E-state index in [9.17, 15) is 0 Å². The molecule has 1 aromatic heterocycles. The first-order valence-corrected chi connectivity index (χ1v) is 6.70. The largest absolute Gasteiger partial charge is 0.128 e. The van der Waals surface area contributed by atoms with Gasteiger partial charge in [-0.2, -0.15) is 0 Å². The van der Waals surface area contributed by atoms with E-state index in [1.807, 2.05) is 30.3 Å². The molecular weight excluding hydrogens is 315 g/mol. The summed E-state index contributed by atoms with van der Waals surface area (Å²) in [7, 11) is 0. The topological polar surface area (TPSA) is 0 Å². The normalized spacial score (nSPS) is 10.6.